The zero-order valence-electron chi connectivity index (χ0n) is 20.1. The smallest absolute Gasteiger partial charge is 0.338 e. The van der Waals surface area contributed by atoms with E-state index in [1.165, 1.54) is 16.7 Å². The first-order valence-corrected chi connectivity index (χ1v) is 12.3. The molecule has 1 unspecified atom stereocenters. The highest BCUT2D eigenvalue weighted by molar-refractivity contribution is 7.07. The van der Waals surface area contributed by atoms with Crippen molar-refractivity contribution in [1.82, 2.24) is 4.57 Å². The van der Waals surface area contributed by atoms with E-state index in [9.17, 15) is 19.7 Å². The van der Waals surface area contributed by atoms with Crippen molar-refractivity contribution in [1.29, 1.82) is 0 Å². The maximum Gasteiger partial charge on any atom is 0.338 e. The van der Waals surface area contributed by atoms with Crippen molar-refractivity contribution < 1.29 is 19.2 Å². The summed E-state index contributed by atoms with van der Waals surface area (Å²) in [6.45, 7) is 6.19. The van der Waals surface area contributed by atoms with Gasteiger partial charge in [-0.1, -0.05) is 42.5 Å². The number of aromatic nitrogens is 1. The van der Waals surface area contributed by atoms with Gasteiger partial charge >= 0.3 is 5.97 Å². The van der Waals surface area contributed by atoms with Crippen LogP contribution in [0.1, 0.15) is 44.4 Å². The van der Waals surface area contributed by atoms with Gasteiger partial charge in [0.05, 0.1) is 45.5 Å². The maximum atomic E-state index is 13.6. The number of thiazole rings is 1. The van der Waals surface area contributed by atoms with Crippen molar-refractivity contribution >= 4 is 29.1 Å². The summed E-state index contributed by atoms with van der Waals surface area (Å²) < 4.78 is 12.7. The minimum Gasteiger partial charge on any atom is -0.494 e. The van der Waals surface area contributed by atoms with E-state index in [0.717, 1.165) is 17.8 Å². The average molecular weight is 508 g/mol. The Hall–Kier alpha value is -4.05. The van der Waals surface area contributed by atoms with Crippen LogP contribution >= 0.6 is 11.3 Å². The maximum absolute atomic E-state index is 13.6. The molecule has 0 saturated carbocycles. The van der Waals surface area contributed by atoms with Crippen LogP contribution in [0.4, 0.5) is 5.69 Å². The zero-order chi connectivity index (χ0) is 25.8. The van der Waals surface area contributed by atoms with Crippen molar-refractivity contribution in [3.63, 3.8) is 0 Å². The molecule has 0 N–H and O–H groups in total. The third-order valence-corrected chi connectivity index (χ3v) is 6.59. The topological polar surface area (TPSA) is 113 Å². The molecular formula is C26H25N3O6S. The number of hydrogen-bond donors (Lipinski definition) is 0. The number of esters is 1. The predicted molar refractivity (Wildman–Crippen MR) is 136 cm³/mol. The fourth-order valence-corrected chi connectivity index (χ4v) is 5.03. The molecule has 0 amide bonds. The van der Waals surface area contributed by atoms with Gasteiger partial charge in [-0.25, -0.2) is 9.79 Å². The Labute approximate surface area is 210 Å². The Morgan fingerprint density at radius 1 is 1.19 bits per heavy atom. The van der Waals surface area contributed by atoms with Crippen molar-refractivity contribution in [2.45, 2.75) is 33.2 Å². The number of fused-ring (bicyclic) bond motifs is 1. The lowest BCUT2D eigenvalue weighted by atomic mass is 9.96. The van der Waals surface area contributed by atoms with Crippen molar-refractivity contribution in [2.75, 3.05) is 13.2 Å². The average Bonchev–Trinajstić information content (AvgIpc) is 3.16. The van der Waals surface area contributed by atoms with E-state index in [1.807, 2.05) is 19.1 Å². The highest BCUT2D eigenvalue weighted by atomic mass is 32.1. The number of benzene rings is 2. The fourth-order valence-electron chi connectivity index (χ4n) is 3.99. The summed E-state index contributed by atoms with van der Waals surface area (Å²) in [6.07, 6.45) is 2.36. The number of carbonyl (C=O) groups is 1. The number of nitro groups is 1. The molecule has 2 heterocycles. The number of nitrogens with zero attached hydrogens (tertiary/aromatic N) is 3. The molecule has 186 valence electrons. The first-order chi connectivity index (χ1) is 17.3. The van der Waals surface area contributed by atoms with Crippen molar-refractivity contribution in [2.24, 2.45) is 4.99 Å². The monoisotopic (exact) mass is 507 g/mol. The highest BCUT2D eigenvalue weighted by Gasteiger charge is 2.33. The Bertz CT molecular complexity index is 1520. The molecule has 1 atom stereocenters. The van der Waals surface area contributed by atoms with Gasteiger partial charge in [0, 0.05) is 6.07 Å². The van der Waals surface area contributed by atoms with Gasteiger partial charge in [0.1, 0.15) is 5.75 Å². The molecule has 36 heavy (non-hydrogen) atoms. The molecule has 0 spiro atoms. The Kier molecular flexibility index (Phi) is 7.44. The summed E-state index contributed by atoms with van der Waals surface area (Å²) in [6, 6.07) is 12.7. The van der Waals surface area contributed by atoms with Crippen LogP contribution in [0, 0.1) is 10.1 Å². The van der Waals surface area contributed by atoms with Gasteiger partial charge in [-0.05, 0) is 50.1 Å². The van der Waals surface area contributed by atoms with Crippen LogP contribution in [-0.2, 0) is 9.53 Å². The summed E-state index contributed by atoms with van der Waals surface area (Å²) in [5.74, 6) is 0.130. The second kappa shape index (κ2) is 10.7. The number of nitro benzene ring substituents is 1. The summed E-state index contributed by atoms with van der Waals surface area (Å²) in [5, 5.41) is 11.5. The van der Waals surface area contributed by atoms with Crippen LogP contribution in [0.5, 0.6) is 5.75 Å². The van der Waals surface area contributed by atoms with Crippen LogP contribution in [0.3, 0.4) is 0 Å². The molecular weight excluding hydrogens is 482 g/mol. The SMILES string of the molecule is CCCOc1ccc(C2C(C(=O)OCC)=C(C)N=c3s/c(=C\c4ccccc4[N+](=O)[O-])c(=O)n32)cc1. The molecule has 4 rings (SSSR count). The molecule has 2 aromatic carbocycles. The van der Waals surface area contributed by atoms with Crippen molar-refractivity contribution in [3.05, 3.63) is 101 Å². The standard InChI is InChI=1S/C26H25N3O6S/c1-4-14-35-19-12-10-17(11-13-19)23-22(25(31)34-5-2)16(3)27-26-28(23)24(30)21(36-26)15-18-8-6-7-9-20(18)29(32)33/h6-13,15,23H,4-5,14H2,1-3H3/b21-15-. The van der Waals surface area contributed by atoms with Gasteiger partial charge in [0.15, 0.2) is 4.80 Å². The molecule has 0 bridgehead atoms. The minimum atomic E-state index is -0.770. The molecule has 0 aliphatic carbocycles. The first-order valence-electron chi connectivity index (χ1n) is 11.5. The molecule has 9 nitrogen and oxygen atoms in total. The van der Waals surface area contributed by atoms with E-state index in [2.05, 4.69) is 4.99 Å². The quantitative estimate of drug-likeness (QED) is 0.262. The third kappa shape index (κ3) is 4.85. The number of para-hydroxylation sites is 1. The molecule has 0 fully saturated rings. The molecule has 0 radical (unpaired) electrons. The van der Waals surface area contributed by atoms with Crippen LogP contribution in [0.25, 0.3) is 6.08 Å². The summed E-state index contributed by atoms with van der Waals surface area (Å²) >= 11 is 1.12. The predicted octanol–water partition coefficient (Wildman–Crippen LogP) is 3.50. The van der Waals surface area contributed by atoms with Crippen LogP contribution in [0.15, 0.2) is 69.6 Å². The summed E-state index contributed by atoms with van der Waals surface area (Å²) in [7, 11) is 0. The molecule has 10 heteroatoms. The number of rotatable bonds is 8. The lowest BCUT2D eigenvalue weighted by Crippen LogP contribution is -2.39. The van der Waals surface area contributed by atoms with E-state index in [4.69, 9.17) is 9.47 Å². The Morgan fingerprint density at radius 2 is 1.92 bits per heavy atom. The van der Waals surface area contributed by atoms with Gasteiger partial charge in [0.25, 0.3) is 11.2 Å². The van der Waals surface area contributed by atoms with Gasteiger partial charge in [-0.3, -0.25) is 19.5 Å². The third-order valence-electron chi connectivity index (χ3n) is 5.61. The van der Waals surface area contributed by atoms with Gasteiger partial charge < -0.3 is 9.47 Å². The fraction of sp³-hybridized carbons (Fsp3) is 0.269. The largest absolute Gasteiger partial charge is 0.494 e. The van der Waals surface area contributed by atoms with Crippen LogP contribution in [0.2, 0.25) is 0 Å². The van der Waals surface area contributed by atoms with Crippen molar-refractivity contribution in [3.8, 4) is 5.75 Å². The van der Waals surface area contributed by atoms with E-state index < -0.39 is 22.5 Å². The van der Waals surface area contributed by atoms with E-state index in [-0.39, 0.29) is 22.4 Å². The second-order valence-corrected chi connectivity index (χ2v) is 9.04. The van der Waals surface area contributed by atoms with Gasteiger partial charge in [-0.2, -0.15) is 0 Å². The molecule has 0 saturated heterocycles. The normalized spacial score (nSPS) is 15.3. The Balaban J connectivity index is 1.91. The minimum absolute atomic E-state index is 0.106. The molecule has 1 aromatic heterocycles. The van der Waals surface area contributed by atoms with E-state index in [1.54, 1.807) is 44.2 Å². The zero-order valence-corrected chi connectivity index (χ0v) is 20.9. The summed E-state index contributed by atoms with van der Waals surface area (Å²) in [5.41, 5.74) is 1.21. The van der Waals surface area contributed by atoms with E-state index >= 15 is 0 Å². The Morgan fingerprint density at radius 3 is 2.58 bits per heavy atom. The summed E-state index contributed by atoms with van der Waals surface area (Å²) in [4.78, 5) is 42.5. The molecule has 3 aromatic rings. The number of carbonyl (C=O) groups excluding carboxylic acids is 1. The van der Waals surface area contributed by atoms with Gasteiger partial charge in [-0.15, -0.1) is 0 Å². The lowest BCUT2D eigenvalue weighted by molar-refractivity contribution is -0.385. The van der Waals surface area contributed by atoms with Crippen LogP contribution in [-0.4, -0.2) is 28.7 Å². The first kappa shape index (κ1) is 25.1. The van der Waals surface area contributed by atoms with E-state index in [0.29, 0.717) is 34.0 Å². The molecule has 1 aliphatic rings. The van der Waals surface area contributed by atoms with Crippen LogP contribution < -0.4 is 19.6 Å². The second-order valence-electron chi connectivity index (χ2n) is 8.04. The lowest BCUT2D eigenvalue weighted by Gasteiger charge is -2.24. The highest BCUT2D eigenvalue weighted by Crippen LogP contribution is 2.31. The number of hydrogen-bond acceptors (Lipinski definition) is 8. The number of ether oxygens (including phenoxy) is 2. The number of allylic oxidation sites excluding steroid dienone is 1. The molecule has 1 aliphatic heterocycles. The van der Waals surface area contributed by atoms with Gasteiger partial charge in [0.2, 0.25) is 0 Å².